The molecular weight excluding hydrogens is 410 g/mol. The van der Waals surface area contributed by atoms with Crippen molar-refractivity contribution in [2.45, 2.75) is 19.3 Å². The number of rotatable bonds is 9. The second-order valence-electron chi connectivity index (χ2n) is 7.71. The van der Waals surface area contributed by atoms with Crippen molar-refractivity contribution >= 4 is 17.7 Å². The van der Waals surface area contributed by atoms with Gasteiger partial charge in [-0.1, -0.05) is 24.3 Å². The van der Waals surface area contributed by atoms with Gasteiger partial charge in [-0.05, 0) is 49.6 Å². The van der Waals surface area contributed by atoms with E-state index in [0.29, 0.717) is 56.8 Å². The van der Waals surface area contributed by atoms with Gasteiger partial charge in [-0.15, -0.1) is 0 Å². The Balaban J connectivity index is 1.28. The molecule has 32 heavy (non-hydrogen) atoms. The zero-order valence-corrected chi connectivity index (χ0v) is 18.0. The number of para-hydroxylation sites is 1. The van der Waals surface area contributed by atoms with Gasteiger partial charge in [0.15, 0.2) is 6.61 Å². The lowest BCUT2D eigenvalue weighted by Crippen LogP contribution is -2.44. The maximum Gasteiger partial charge on any atom is 0.260 e. The number of carbonyl (C=O) groups is 3. The van der Waals surface area contributed by atoms with Gasteiger partial charge < -0.3 is 25.4 Å². The molecule has 0 unspecified atom stereocenters. The van der Waals surface area contributed by atoms with Crippen molar-refractivity contribution in [1.29, 1.82) is 0 Å². The van der Waals surface area contributed by atoms with E-state index in [1.54, 1.807) is 17.0 Å². The summed E-state index contributed by atoms with van der Waals surface area (Å²) in [6.07, 6.45) is 1.85. The minimum absolute atomic E-state index is 0.00477. The van der Waals surface area contributed by atoms with Crippen LogP contribution < -0.4 is 15.4 Å². The number of ether oxygens (including phenoxy) is 1. The first-order valence-electron chi connectivity index (χ1n) is 10.8. The van der Waals surface area contributed by atoms with Crippen LogP contribution in [0, 0.1) is 5.92 Å². The van der Waals surface area contributed by atoms with Crippen LogP contribution >= 0.6 is 0 Å². The van der Waals surface area contributed by atoms with Gasteiger partial charge in [-0.2, -0.15) is 0 Å². The number of hydrogen-bond donors (Lipinski definition) is 3. The number of amides is 3. The Morgan fingerprint density at radius 1 is 0.969 bits per heavy atom. The number of nitrogens with one attached hydrogen (secondary N) is 2. The topological polar surface area (TPSA) is 108 Å². The molecule has 0 aliphatic carbocycles. The average molecular weight is 440 g/mol. The first-order valence-corrected chi connectivity index (χ1v) is 10.8. The number of hydrogen-bond acceptors (Lipinski definition) is 5. The van der Waals surface area contributed by atoms with Crippen molar-refractivity contribution in [2.75, 3.05) is 32.8 Å². The quantitative estimate of drug-likeness (QED) is 0.518. The van der Waals surface area contributed by atoms with Crippen LogP contribution in [0.15, 0.2) is 54.6 Å². The van der Waals surface area contributed by atoms with Crippen molar-refractivity contribution in [3.63, 3.8) is 0 Å². The molecule has 3 N–H and O–H groups in total. The number of nitrogens with zero attached hydrogens (tertiary/aromatic N) is 1. The highest BCUT2D eigenvalue weighted by molar-refractivity contribution is 5.94. The van der Waals surface area contributed by atoms with Crippen molar-refractivity contribution in [3.05, 3.63) is 60.2 Å². The third-order valence-electron chi connectivity index (χ3n) is 5.37. The number of benzene rings is 2. The molecule has 8 heteroatoms. The highest BCUT2D eigenvalue weighted by atomic mass is 16.5. The summed E-state index contributed by atoms with van der Waals surface area (Å²) in [5.41, 5.74) is 0.393. The lowest BCUT2D eigenvalue weighted by molar-refractivity contribution is -0.137. The molecule has 0 radical (unpaired) electrons. The Morgan fingerprint density at radius 2 is 1.69 bits per heavy atom. The van der Waals surface area contributed by atoms with Crippen LogP contribution in [0.25, 0.3) is 0 Å². The van der Waals surface area contributed by atoms with Gasteiger partial charge in [0.2, 0.25) is 5.91 Å². The third-order valence-corrected chi connectivity index (χ3v) is 5.37. The number of carbonyl (C=O) groups excluding carboxylic acids is 3. The van der Waals surface area contributed by atoms with Crippen LogP contribution in [0.1, 0.15) is 29.6 Å². The summed E-state index contributed by atoms with van der Waals surface area (Å²) in [4.78, 5) is 38.5. The molecule has 0 spiro atoms. The standard InChI is InChI=1S/C24H29N3O5/c28-20-7-4-6-19(16-20)24(31)26-13-5-12-25-23(30)18-10-14-27(15-11-18)22(29)17-32-21-8-2-1-3-9-21/h1-4,6-9,16,18,28H,5,10-15,17H2,(H,25,30)(H,26,31). The molecule has 1 fully saturated rings. The maximum absolute atomic E-state index is 12.4. The van der Waals surface area contributed by atoms with E-state index in [2.05, 4.69) is 10.6 Å². The largest absolute Gasteiger partial charge is 0.508 e. The van der Waals surface area contributed by atoms with E-state index in [1.165, 1.54) is 12.1 Å². The third kappa shape index (κ3) is 7.01. The summed E-state index contributed by atoms with van der Waals surface area (Å²) < 4.78 is 5.51. The summed E-state index contributed by atoms with van der Waals surface area (Å²) >= 11 is 0. The fourth-order valence-corrected chi connectivity index (χ4v) is 3.54. The molecule has 170 valence electrons. The minimum atomic E-state index is -0.263. The summed E-state index contributed by atoms with van der Waals surface area (Å²) in [5, 5.41) is 15.1. The van der Waals surface area contributed by atoms with Crippen LogP contribution in [-0.4, -0.2) is 60.5 Å². The smallest absolute Gasteiger partial charge is 0.260 e. The predicted molar refractivity (Wildman–Crippen MR) is 119 cm³/mol. The molecule has 3 amide bonds. The Hall–Kier alpha value is -3.55. The molecule has 1 aliphatic rings. The molecule has 0 atom stereocenters. The fraction of sp³-hybridized carbons (Fsp3) is 0.375. The zero-order valence-electron chi connectivity index (χ0n) is 18.0. The first-order chi connectivity index (χ1) is 15.5. The molecular formula is C24H29N3O5. The second kappa shape index (κ2) is 11.7. The van der Waals surface area contributed by atoms with Crippen LogP contribution in [0.2, 0.25) is 0 Å². The molecule has 0 aromatic heterocycles. The van der Waals surface area contributed by atoms with E-state index in [9.17, 15) is 19.5 Å². The Kier molecular flexibility index (Phi) is 8.48. The number of piperidine rings is 1. The predicted octanol–water partition coefficient (Wildman–Crippen LogP) is 1.95. The summed E-state index contributed by atoms with van der Waals surface area (Å²) in [5.74, 6) is 0.234. The Labute approximate surface area is 187 Å². The molecule has 2 aromatic rings. The van der Waals surface area contributed by atoms with Crippen LogP contribution in [0.4, 0.5) is 0 Å². The summed E-state index contributed by atoms with van der Waals surface area (Å²) in [6, 6.07) is 15.4. The molecule has 1 saturated heterocycles. The average Bonchev–Trinajstić information content (AvgIpc) is 2.82. The van der Waals surface area contributed by atoms with Gasteiger partial charge >= 0.3 is 0 Å². The molecule has 0 bridgehead atoms. The minimum Gasteiger partial charge on any atom is -0.508 e. The highest BCUT2D eigenvalue weighted by Crippen LogP contribution is 2.18. The zero-order chi connectivity index (χ0) is 22.8. The van der Waals surface area contributed by atoms with Crippen LogP contribution in [0.3, 0.4) is 0 Å². The Morgan fingerprint density at radius 3 is 2.41 bits per heavy atom. The molecule has 0 saturated carbocycles. The SMILES string of the molecule is O=C(NCCCNC(=O)C1CCN(C(=O)COc2ccccc2)CC1)c1cccc(O)c1. The monoisotopic (exact) mass is 439 g/mol. The number of phenolic OH excluding ortho intramolecular Hbond substituents is 1. The van der Waals surface area contributed by atoms with Gasteiger partial charge in [0.1, 0.15) is 11.5 Å². The lowest BCUT2D eigenvalue weighted by Gasteiger charge is -2.31. The molecule has 2 aromatic carbocycles. The number of aromatic hydroxyl groups is 1. The fourth-order valence-electron chi connectivity index (χ4n) is 3.54. The van der Waals surface area contributed by atoms with E-state index >= 15 is 0 Å². The number of likely N-dealkylation sites (tertiary alicyclic amines) is 1. The summed E-state index contributed by atoms with van der Waals surface area (Å²) in [6.45, 7) is 1.95. The van der Waals surface area contributed by atoms with Crippen molar-refractivity contribution in [1.82, 2.24) is 15.5 Å². The Bertz CT molecular complexity index is 911. The molecule has 8 nitrogen and oxygen atoms in total. The van der Waals surface area contributed by atoms with Gasteiger partial charge in [-0.3, -0.25) is 14.4 Å². The van der Waals surface area contributed by atoms with Crippen LogP contribution in [-0.2, 0) is 9.59 Å². The van der Waals surface area contributed by atoms with Gasteiger partial charge in [-0.25, -0.2) is 0 Å². The van der Waals surface area contributed by atoms with Crippen molar-refractivity contribution < 1.29 is 24.2 Å². The van der Waals surface area contributed by atoms with E-state index in [-0.39, 0.29) is 36.0 Å². The normalized spacial score (nSPS) is 13.9. The van der Waals surface area contributed by atoms with E-state index in [1.807, 2.05) is 30.3 Å². The van der Waals surface area contributed by atoms with Gasteiger partial charge in [0.05, 0.1) is 0 Å². The van der Waals surface area contributed by atoms with Crippen LogP contribution in [0.5, 0.6) is 11.5 Å². The first kappa shape index (κ1) is 23.1. The van der Waals surface area contributed by atoms with Gasteiger partial charge in [0.25, 0.3) is 11.8 Å². The summed E-state index contributed by atoms with van der Waals surface area (Å²) in [7, 11) is 0. The van der Waals surface area contributed by atoms with E-state index in [0.717, 1.165) is 0 Å². The van der Waals surface area contributed by atoms with Crippen molar-refractivity contribution in [2.24, 2.45) is 5.92 Å². The second-order valence-corrected chi connectivity index (χ2v) is 7.71. The van der Waals surface area contributed by atoms with Crippen molar-refractivity contribution in [3.8, 4) is 11.5 Å². The molecule has 1 aliphatic heterocycles. The molecule has 3 rings (SSSR count). The highest BCUT2D eigenvalue weighted by Gasteiger charge is 2.27. The lowest BCUT2D eigenvalue weighted by atomic mass is 9.96. The molecule has 1 heterocycles. The maximum atomic E-state index is 12.4. The van der Waals surface area contributed by atoms with Gasteiger partial charge in [0, 0.05) is 37.7 Å². The number of phenols is 1. The van der Waals surface area contributed by atoms with E-state index in [4.69, 9.17) is 4.74 Å². The van der Waals surface area contributed by atoms with E-state index < -0.39 is 0 Å².